The molecule has 3 rings (SSSR count). The van der Waals surface area contributed by atoms with Crippen LogP contribution in [0.4, 0.5) is 0 Å². The Kier molecular flexibility index (Phi) is 6.12. The van der Waals surface area contributed by atoms with Crippen molar-refractivity contribution in [2.75, 3.05) is 19.3 Å². The van der Waals surface area contributed by atoms with Crippen molar-refractivity contribution in [3.8, 4) is 11.8 Å². The van der Waals surface area contributed by atoms with Gasteiger partial charge in [-0.3, -0.25) is 14.2 Å². The van der Waals surface area contributed by atoms with Gasteiger partial charge >= 0.3 is 0 Å². The molecule has 0 fully saturated rings. The molecule has 1 aromatic heterocycles. The maximum Gasteiger partial charge on any atom is 0.266 e. The van der Waals surface area contributed by atoms with Gasteiger partial charge in [0.05, 0.1) is 34.8 Å². The summed E-state index contributed by atoms with van der Waals surface area (Å²) in [5.41, 5.74) is 2.19. The Morgan fingerprint density at radius 1 is 1.25 bits per heavy atom. The third-order valence-electron chi connectivity index (χ3n) is 4.31. The van der Waals surface area contributed by atoms with E-state index in [4.69, 9.17) is 5.26 Å². The largest absolute Gasteiger partial charge is 0.344 e. The molecular weight excluding hydrogens is 372 g/mol. The Morgan fingerprint density at radius 3 is 2.79 bits per heavy atom. The lowest BCUT2D eigenvalue weighted by molar-refractivity contribution is -0.127. The molecule has 0 aliphatic heterocycles. The minimum atomic E-state index is -0.163. The second kappa shape index (κ2) is 8.72. The number of para-hydroxylation sites is 1. The van der Waals surface area contributed by atoms with Crippen molar-refractivity contribution in [3.05, 3.63) is 64.4 Å². The fourth-order valence-corrected chi connectivity index (χ4v) is 3.74. The van der Waals surface area contributed by atoms with Crippen LogP contribution in [0.5, 0.6) is 0 Å². The lowest BCUT2D eigenvalue weighted by Crippen LogP contribution is -2.29. The third kappa shape index (κ3) is 4.24. The first-order valence-electron chi connectivity index (χ1n) is 8.84. The molecule has 0 unspecified atom stereocenters. The lowest BCUT2D eigenvalue weighted by atomic mass is 10.2. The van der Waals surface area contributed by atoms with E-state index in [0.717, 1.165) is 11.3 Å². The molecule has 0 aliphatic carbocycles. The van der Waals surface area contributed by atoms with E-state index in [2.05, 4.69) is 4.98 Å². The molecule has 0 bridgehead atoms. The van der Waals surface area contributed by atoms with Gasteiger partial charge in [0, 0.05) is 13.6 Å². The highest BCUT2D eigenvalue weighted by molar-refractivity contribution is 7.99. The summed E-state index contributed by atoms with van der Waals surface area (Å²) in [5, 5.41) is 9.68. The van der Waals surface area contributed by atoms with Crippen LogP contribution in [0.15, 0.2) is 58.5 Å². The zero-order chi connectivity index (χ0) is 20.1. The number of rotatable bonds is 6. The summed E-state index contributed by atoms with van der Waals surface area (Å²) >= 11 is 1.22. The van der Waals surface area contributed by atoms with Crippen LogP contribution in [0, 0.1) is 18.3 Å². The summed E-state index contributed by atoms with van der Waals surface area (Å²) in [6, 6.07) is 16.9. The van der Waals surface area contributed by atoms with Crippen LogP contribution in [-0.2, 0) is 4.79 Å². The molecule has 7 heteroatoms. The van der Waals surface area contributed by atoms with Crippen molar-refractivity contribution in [2.45, 2.75) is 18.5 Å². The number of fused-ring (bicyclic) bond motifs is 1. The fourth-order valence-electron chi connectivity index (χ4n) is 2.78. The first kappa shape index (κ1) is 19.6. The van der Waals surface area contributed by atoms with E-state index >= 15 is 0 Å². The molecule has 142 valence electrons. The van der Waals surface area contributed by atoms with Gasteiger partial charge < -0.3 is 4.90 Å². The number of amides is 1. The number of aryl methyl sites for hydroxylation is 1. The number of hydrogen-bond donors (Lipinski definition) is 0. The number of benzene rings is 2. The van der Waals surface area contributed by atoms with E-state index in [1.165, 1.54) is 16.7 Å². The van der Waals surface area contributed by atoms with E-state index in [0.29, 0.717) is 22.6 Å². The SMILES string of the molecule is Cc1cccc(-n2c(SCC(=O)N(C)CCC#N)nc3ccccc3c2=O)c1. The summed E-state index contributed by atoms with van der Waals surface area (Å²) in [6.07, 6.45) is 0.287. The number of hydrogen-bond acceptors (Lipinski definition) is 5. The second-order valence-electron chi connectivity index (χ2n) is 6.40. The van der Waals surface area contributed by atoms with Crippen molar-refractivity contribution >= 4 is 28.6 Å². The van der Waals surface area contributed by atoms with Crippen LogP contribution in [0.25, 0.3) is 16.6 Å². The number of nitriles is 1. The molecule has 0 atom stereocenters. The van der Waals surface area contributed by atoms with Gasteiger partial charge in [-0.15, -0.1) is 0 Å². The summed E-state index contributed by atoms with van der Waals surface area (Å²) in [5.74, 6) is 0.0249. The van der Waals surface area contributed by atoms with Crippen LogP contribution in [0.3, 0.4) is 0 Å². The lowest BCUT2D eigenvalue weighted by Gasteiger charge is -2.17. The van der Waals surface area contributed by atoms with E-state index in [1.807, 2.05) is 49.4 Å². The van der Waals surface area contributed by atoms with Gasteiger partial charge in [0.25, 0.3) is 5.56 Å². The first-order chi connectivity index (χ1) is 13.5. The predicted molar refractivity (Wildman–Crippen MR) is 111 cm³/mol. The number of nitrogens with zero attached hydrogens (tertiary/aromatic N) is 4. The van der Waals surface area contributed by atoms with Crippen molar-refractivity contribution < 1.29 is 4.79 Å². The van der Waals surface area contributed by atoms with Crippen molar-refractivity contribution in [2.24, 2.45) is 0 Å². The molecule has 1 heterocycles. The molecule has 0 saturated carbocycles. The highest BCUT2D eigenvalue weighted by Gasteiger charge is 2.16. The number of carbonyl (C=O) groups is 1. The number of aromatic nitrogens is 2. The first-order valence-corrected chi connectivity index (χ1v) is 9.82. The van der Waals surface area contributed by atoms with Gasteiger partial charge in [-0.05, 0) is 36.8 Å². The standard InChI is InChI=1S/C21H20N4O2S/c1-15-7-5-8-16(13-15)25-20(27)17-9-3-4-10-18(17)23-21(25)28-14-19(26)24(2)12-6-11-22/h3-5,7-10,13H,6,12,14H2,1-2H3. The van der Waals surface area contributed by atoms with E-state index in [1.54, 1.807) is 23.7 Å². The Hall–Kier alpha value is -3.11. The summed E-state index contributed by atoms with van der Waals surface area (Å²) < 4.78 is 1.56. The molecule has 0 N–H and O–H groups in total. The average Bonchev–Trinajstić information content (AvgIpc) is 2.70. The zero-order valence-corrected chi connectivity index (χ0v) is 16.6. The Bertz CT molecular complexity index is 1120. The minimum absolute atomic E-state index is 0.113. The Balaban J connectivity index is 2.01. The second-order valence-corrected chi connectivity index (χ2v) is 7.35. The van der Waals surface area contributed by atoms with Crippen molar-refractivity contribution in [1.29, 1.82) is 5.26 Å². The monoisotopic (exact) mass is 392 g/mol. The Labute approximate surface area is 167 Å². The van der Waals surface area contributed by atoms with Crippen molar-refractivity contribution in [1.82, 2.24) is 14.5 Å². The average molecular weight is 392 g/mol. The molecule has 0 saturated heterocycles. The molecule has 28 heavy (non-hydrogen) atoms. The van der Waals surface area contributed by atoms with Gasteiger partial charge in [-0.2, -0.15) is 5.26 Å². The maximum absolute atomic E-state index is 13.2. The predicted octanol–water partition coefficient (Wildman–Crippen LogP) is 3.16. The molecule has 0 aliphatic rings. The van der Waals surface area contributed by atoms with Crippen LogP contribution in [-0.4, -0.2) is 39.7 Å². The number of thioether (sulfide) groups is 1. The topological polar surface area (TPSA) is 79.0 Å². The minimum Gasteiger partial charge on any atom is -0.344 e. The van der Waals surface area contributed by atoms with Crippen LogP contribution < -0.4 is 5.56 Å². The third-order valence-corrected chi connectivity index (χ3v) is 5.24. The zero-order valence-electron chi connectivity index (χ0n) is 15.8. The normalized spacial score (nSPS) is 10.6. The van der Waals surface area contributed by atoms with Gasteiger partial charge in [0.2, 0.25) is 5.91 Å². The fraction of sp³-hybridized carbons (Fsp3) is 0.238. The molecule has 0 spiro atoms. The quantitative estimate of drug-likeness (QED) is 0.476. The van der Waals surface area contributed by atoms with Gasteiger partial charge in [-0.1, -0.05) is 36.0 Å². The number of carbonyl (C=O) groups excluding carboxylic acids is 1. The van der Waals surface area contributed by atoms with Gasteiger partial charge in [0.1, 0.15) is 0 Å². The Morgan fingerprint density at radius 2 is 2.04 bits per heavy atom. The van der Waals surface area contributed by atoms with Crippen LogP contribution in [0.1, 0.15) is 12.0 Å². The summed E-state index contributed by atoms with van der Waals surface area (Å²) in [6.45, 7) is 2.34. The molecule has 1 amide bonds. The smallest absolute Gasteiger partial charge is 0.266 e. The van der Waals surface area contributed by atoms with E-state index in [9.17, 15) is 9.59 Å². The maximum atomic E-state index is 13.2. The van der Waals surface area contributed by atoms with Crippen molar-refractivity contribution in [3.63, 3.8) is 0 Å². The molecule has 0 radical (unpaired) electrons. The van der Waals surface area contributed by atoms with Crippen LogP contribution in [0.2, 0.25) is 0 Å². The molecular formula is C21H20N4O2S. The molecule has 2 aromatic carbocycles. The van der Waals surface area contributed by atoms with Gasteiger partial charge in [-0.25, -0.2) is 4.98 Å². The summed E-state index contributed by atoms with van der Waals surface area (Å²) in [7, 11) is 1.67. The van der Waals surface area contributed by atoms with Crippen LogP contribution >= 0.6 is 11.8 Å². The highest BCUT2D eigenvalue weighted by atomic mass is 32.2. The molecule has 3 aromatic rings. The van der Waals surface area contributed by atoms with E-state index in [-0.39, 0.29) is 23.6 Å². The molecule has 6 nitrogen and oxygen atoms in total. The summed E-state index contributed by atoms with van der Waals surface area (Å²) in [4.78, 5) is 31.7. The van der Waals surface area contributed by atoms with Gasteiger partial charge in [0.15, 0.2) is 5.16 Å². The van der Waals surface area contributed by atoms with E-state index < -0.39 is 0 Å². The highest BCUT2D eigenvalue weighted by Crippen LogP contribution is 2.22.